The fourth-order valence-corrected chi connectivity index (χ4v) is 5.76. The minimum Gasteiger partial charge on any atom is -0.497 e. The van der Waals surface area contributed by atoms with E-state index in [0.29, 0.717) is 33.4 Å². The summed E-state index contributed by atoms with van der Waals surface area (Å²) in [4.78, 5) is 18.5. The minimum absolute atomic E-state index is 0.258. The fourth-order valence-electron chi connectivity index (χ4n) is 4.86. The van der Waals surface area contributed by atoms with Gasteiger partial charge in [0.05, 0.1) is 17.3 Å². The van der Waals surface area contributed by atoms with Crippen LogP contribution in [0.25, 0.3) is 40.1 Å². The molecule has 0 spiro atoms. The van der Waals surface area contributed by atoms with Crippen molar-refractivity contribution in [3.63, 3.8) is 0 Å². The van der Waals surface area contributed by atoms with Gasteiger partial charge in [-0.3, -0.25) is 4.79 Å². The first-order valence-electron chi connectivity index (χ1n) is 14.4. The molecule has 7 aromatic rings. The Hall–Kier alpha value is -5.87. The molecule has 0 unspecified atom stereocenters. The summed E-state index contributed by atoms with van der Waals surface area (Å²) in [5, 5.41) is 9.33. The molecular formula is C36H26FN5O3S. The number of hydrogen-bond donors (Lipinski definition) is 0. The summed E-state index contributed by atoms with van der Waals surface area (Å²) in [6, 6.07) is 31.2. The van der Waals surface area contributed by atoms with Crippen LogP contribution in [0.15, 0.2) is 114 Å². The van der Waals surface area contributed by atoms with E-state index < -0.39 is 0 Å². The predicted molar refractivity (Wildman–Crippen MR) is 178 cm³/mol. The number of benzene rings is 4. The number of methoxy groups -OCH3 is 1. The molecule has 3 aromatic heterocycles. The Morgan fingerprint density at radius 3 is 2.43 bits per heavy atom. The van der Waals surface area contributed by atoms with E-state index in [0.717, 1.165) is 33.7 Å². The summed E-state index contributed by atoms with van der Waals surface area (Å²) in [5.41, 5.74) is 4.68. The average Bonchev–Trinajstić information content (AvgIpc) is 3.78. The second kappa shape index (κ2) is 12.6. The summed E-state index contributed by atoms with van der Waals surface area (Å²) in [5.74, 6) is 1.57. The minimum atomic E-state index is -0.290. The van der Waals surface area contributed by atoms with E-state index in [1.165, 1.54) is 28.0 Å². The molecule has 10 heteroatoms. The Balaban J connectivity index is 1.22. The smallest absolute Gasteiger partial charge is 0.291 e. The van der Waals surface area contributed by atoms with E-state index in [2.05, 4.69) is 10.1 Å². The lowest BCUT2D eigenvalue weighted by molar-refractivity contribution is 0.306. The van der Waals surface area contributed by atoms with Crippen LogP contribution in [-0.2, 0) is 6.61 Å². The van der Waals surface area contributed by atoms with Crippen molar-refractivity contribution < 1.29 is 13.9 Å². The van der Waals surface area contributed by atoms with Crippen LogP contribution in [0.1, 0.15) is 22.5 Å². The largest absolute Gasteiger partial charge is 0.497 e. The van der Waals surface area contributed by atoms with Crippen molar-refractivity contribution in [2.24, 2.45) is 0 Å². The van der Waals surface area contributed by atoms with Crippen LogP contribution < -0.4 is 19.6 Å². The molecule has 0 N–H and O–H groups in total. The van der Waals surface area contributed by atoms with E-state index in [1.54, 1.807) is 30.0 Å². The Labute approximate surface area is 266 Å². The zero-order chi connectivity index (χ0) is 31.5. The number of rotatable bonds is 9. The summed E-state index contributed by atoms with van der Waals surface area (Å²) in [6.07, 6.45) is 7.38. The quantitative estimate of drug-likeness (QED) is 0.183. The molecule has 8 nitrogen and oxygen atoms in total. The van der Waals surface area contributed by atoms with Gasteiger partial charge in [0.1, 0.15) is 29.6 Å². The molecule has 4 aromatic carbocycles. The van der Waals surface area contributed by atoms with Crippen molar-refractivity contribution in [3.05, 3.63) is 153 Å². The second-order valence-corrected chi connectivity index (χ2v) is 11.4. The van der Waals surface area contributed by atoms with Gasteiger partial charge in [0, 0.05) is 17.3 Å². The number of fused-ring (bicyclic) bond motifs is 1. The predicted octanol–water partition coefficient (Wildman–Crippen LogP) is 6.45. The maximum Gasteiger partial charge on any atom is 0.291 e. The molecule has 0 aliphatic rings. The lowest BCUT2D eigenvalue weighted by atomic mass is 10.1. The van der Waals surface area contributed by atoms with Crippen molar-refractivity contribution in [3.8, 4) is 28.4 Å². The first-order chi connectivity index (χ1) is 22.5. The van der Waals surface area contributed by atoms with Gasteiger partial charge in [-0.15, -0.1) is 5.10 Å². The fraction of sp³-hybridized carbons (Fsp3) is 0.0556. The molecule has 0 aliphatic carbocycles. The highest BCUT2D eigenvalue weighted by Crippen LogP contribution is 2.28. The van der Waals surface area contributed by atoms with Crippen LogP contribution in [0.5, 0.6) is 11.5 Å². The number of thiazole rings is 1. The van der Waals surface area contributed by atoms with Crippen molar-refractivity contribution >= 4 is 34.5 Å². The van der Waals surface area contributed by atoms with Gasteiger partial charge in [0.15, 0.2) is 5.82 Å². The van der Waals surface area contributed by atoms with E-state index >= 15 is 0 Å². The molecule has 7 rings (SSSR count). The SMILES string of the molecule is COc1ccc(/C=C/c2nc3s/c(=C\c4cn(-c5ccccc5)nc4-c4cccc(OCc5ccc(F)cc5)c4)c(=O)n3n2)cc1. The molecule has 3 heterocycles. The molecule has 0 amide bonds. The molecular weight excluding hydrogens is 601 g/mol. The highest BCUT2D eigenvalue weighted by molar-refractivity contribution is 7.15. The second-order valence-electron chi connectivity index (χ2n) is 10.3. The molecule has 0 radical (unpaired) electrons. The highest BCUT2D eigenvalue weighted by atomic mass is 32.1. The molecule has 0 bridgehead atoms. The number of nitrogens with zero attached hydrogens (tertiary/aromatic N) is 5. The Bertz CT molecular complexity index is 2280. The van der Waals surface area contributed by atoms with Gasteiger partial charge in [-0.05, 0) is 71.8 Å². The Kier molecular flexibility index (Phi) is 7.92. The molecule has 0 saturated heterocycles. The maximum atomic E-state index is 13.4. The molecule has 0 atom stereocenters. The van der Waals surface area contributed by atoms with E-state index in [1.807, 2.05) is 97.2 Å². The van der Waals surface area contributed by atoms with Crippen LogP contribution >= 0.6 is 11.3 Å². The lowest BCUT2D eigenvalue weighted by Gasteiger charge is -2.08. The van der Waals surface area contributed by atoms with Crippen LogP contribution in [-0.4, -0.2) is 31.5 Å². The number of halogens is 1. The summed E-state index contributed by atoms with van der Waals surface area (Å²) < 4.78 is 28.1. The van der Waals surface area contributed by atoms with Gasteiger partial charge in [-0.25, -0.2) is 9.07 Å². The third-order valence-corrected chi connectivity index (χ3v) is 8.17. The number of ether oxygens (including phenoxy) is 2. The third-order valence-electron chi connectivity index (χ3n) is 7.22. The van der Waals surface area contributed by atoms with Gasteiger partial charge < -0.3 is 9.47 Å². The number of para-hydroxylation sites is 1. The highest BCUT2D eigenvalue weighted by Gasteiger charge is 2.15. The summed E-state index contributed by atoms with van der Waals surface area (Å²) in [6.45, 7) is 0.292. The van der Waals surface area contributed by atoms with Gasteiger partial charge >= 0.3 is 0 Å². The zero-order valence-electron chi connectivity index (χ0n) is 24.6. The van der Waals surface area contributed by atoms with Crippen molar-refractivity contribution in [1.29, 1.82) is 0 Å². The molecule has 226 valence electrons. The first kappa shape index (κ1) is 28.9. The number of hydrogen-bond acceptors (Lipinski definition) is 7. The standard InChI is InChI=1S/C36H26FN5O3S/c1-44-30-17-12-24(13-18-30)14-19-33-38-36-42(39-33)35(43)32(46-36)21-27-22-41(29-7-3-2-4-8-29)40-34(27)26-6-5-9-31(20-26)45-23-25-10-15-28(37)16-11-25/h2-22H,23H2,1H3/b19-14+,32-21-. The lowest BCUT2D eigenvalue weighted by Crippen LogP contribution is -2.23. The first-order valence-corrected chi connectivity index (χ1v) is 15.2. The van der Waals surface area contributed by atoms with Crippen LogP contribution in [0, 0.1) is 5.82 Å². The van der Waals surface area contributed by atoms with Gasteiger partial charge in [-0.2, -0.15) is 14.6 Å². The summed E-state index contributed by atoms with van der Waals surface area (Å²) in [7, 11) is 1.63. The molecule has 0 saturated carbocycles. The Morgan fingerprint density at radius 2 is 1.67 bits per heavy atom. The van der Waals surface area contributed by atoms with E-state index in [4.69, 9.17) is 14.6 Å². The van der Waals surface area contributed by atoms with Crippen LogP contribution in [0.3, 0.4) is 0 Å². The Morgan fingerprint density at radius 1 is 0.870 bits per heavy atom. The van der Waals surface area contributed by atoms with Crippen molar-refractivity contribution in [2.45, 2.75) is 6.61 Å². The van der Waals surface area contributed by atoms with Crippen LogP contribution in [0.2, 0.25) is 0 Å². The monoisotopic (exact) mass is 627 g/mol. The van der Waals surface area contributed by atoms with E-state index in [9.17, 15) is 9.18 Å². The van der Waals surface area contributed by atoms with Crippen molar-refractivity contribution in [2.75, 3.05) is 7.11 Å². The van der Waals surface area contributed by atoms with Gasteiger partial charge in [-0.1, -0.05) is 72.0 Å². The van der Waals surface area contributed by atoms with Crippen LogP contribution in [0.4, 0.5) is 4.39 Å². The number of aromatic nitrogens is 5. The van der Waals surface area contributed by atoms with Gasteiger partial charge in [0.2, 0.25) is 4.96 Å². The molecule has 0 fully saturated rings. The average molecular weight is 628 g/mol. The van der Waals surface area contributed by atoms with Gasteiger partial charge in [0.25, 0.3) is 5.56 Å². The summed E-state index contributed by atoms with van der Waals surface area (Å²) >= 11 is 1.27. The topological polar surface area (TPSA) is 83.5 Å². The molecule has 46 heavy (non-hydrogen) atoms. The zero-order valence-corrected chi connectivity index (χ0v) is 25.4. The third kappa shape index (κ3) is 6.19. The van der Waals surface area contributed by atoms with Crippen molar-refractivity contribution in [1.82, 2.24) is 24.4 Å². The normalized spacial score (nSPS) is 11.9. The van der Waals surface area contributed by atoms with E-state index in [-0.39, 0.29) is 11.4 Å². The molecule has 0 aliphatic heterocycles. The maximum absolute atomic E-state index is 13.4.